The maximum Gasteiger partial charge on any atom is 0.282 e. The van der Waals surface area contributed by atoms with Gasteiger partial charge in [-0.2, -0.15) is 0 Å². The third-order valence-electron chi connectivity index (χ3n) is 2.90. The first-order valence-corrected chi connectivity index (χ1v) is 7.33. The van der Waals surface area contributed by atoms with E-state index in [1.54, 1.807) is 24.7 Å². The maximum absolute atomic E-state index is 12.8. The molecular weight excluding hydrogens is 305 g/mol. The monoisotopic (exact) mass is 317 g/mol. The van der Waals surface area contributed by atoms with Crippen LogP contribution < -0.4 is 5.32 Å². The summed E-state index contributed by atoms with van der Waals surface area (Å²) >= 11 is 1.23. The lowest BCUT2D eigenvalue weighted by Gasteiger charge is -2.02. The molecule has 0 aliphatic rings. The number of benzene rings is 1. The molecule has 0 aliphatic heterocycles. The second kappa shape index (κ2) is 6.44. The van der Waals surface area contributed by atoms with Gasteiger partial charge in [0.05, 0.1) is 12.9 Å². The third-order valence-corrected chi connectivity index (χ3v) is 3.81. The lowest BCUT2D eigenvalue weighted by Crippen LogP contribution is -2.22. The van der Waals surface area contributed by atoms with Crippen molar-refractivity contribution < 1.29 is 9.18 Å². The topological polar surface area (TPSA) is 72.7 Å². The van der Waals surface area contributed by atoms with E-state index in [1.807, 2.05) is 10.8 Å². The molecule has 1 N–H and O–H groups in total. The maximum atomic E-state index is 12.8. The van der Waals surface area contributed by atoms with Crippen molar-refractivity contribution in [3.63, 3.8) is 0 Å². The van der Waals surface area contributed by atoms with Gasteiger partial charge in [-0.1, -0.05) is 23.5 Å². The normalized spacial score (nSPS) is 10.6. The molecule has 0 saturated heterocycles. The number of imidazole rings is 1. The van der Waals surface area contributed by atoms with Gasteiger partial charge in [0.15, 0.2) is 0 Å². The van der Waals surface area contributed by atoms with Crippen LogP contribution >= 0.6 is 11.3 Å². The molecule has 0 fully saturated rings. The summed E-state index contributed by atoms with van der Waals surface area (Å²) in [7, 11) is 0. The van der Waals surface area contributed by atoms with Crippen molar-refractivity contribution in [2.75, 3.05) is 0 Å². The summed E-state index contributed by atoms with van der Waals surface area (Å²) in [5.74, 6) is -0.595. The van der Waals surface area contributed by atoms with Crippen LogP contribution in [0.3, 0.4) is 0 Å². The molecule has 3 aromatic rings. The summed E-state index contributed by atoms with van der Waals surface area (Å²) in [6, 6.07) is 5.96. The average molecular weight is 317 g/mol. The van der Waals surface area contributed by atoms with Crippen molar-refractivity contribution in [2.45, 2.75) is 13.1 Å². The molecule has 1 amide bonds. The number of carbonyl (C=O) groups excluding carboxylic acids is 1. The lowest BCUT2D eigenvalue weighted by atomic mass is 10.2. The number of hydrogen-bond acceptors (Lipinski definition) is 5. The van der Waals surface area contributed by atoms with Gasteiger partial charge < -0.3 is 9.88 Å². The van der Waals surface area contributed by atoms with E-state index in [1.165, 1.54) is 23.5 Å². The molecular formula is C14H12FN5OS. The lowest BCUT2D eigenvalue weighted by molar-refractivity contribution is 0.0950. The van der Waals surface area contributed by atoms with E-state index >= 15 is 0 Å². The summed E-state index contributed by atoms with van der Waals surface area (Å²) < 4.78 is 14.6. The molecule has 0 saturated carbocycles. The predicted octanol–water partition coefficient (Wildman–Crippen LogP) is 1.85. The van der Waals surface area contributed by atoms with E-state index in [2.05, 4.69) is 20.5 Å². The van der Waals surface area contributed by atoms with E-state index in [0.717, 1.165) is 10.6 Å². The first kappa shape index (κ1) is 14.3. The molecule has 0 aliphatic carbocycles. The van der Waals surface area contributed by atoms with E-state index in [9.17, 15) is 9.18 Å². The van der Waals surface area contributed by atoms with Gasteiger partial charge in [-0.3, -0.25) is 4.79 Å². The Morgan fingerprint density at radius 1 is 1.27 bits per heavy atom. The number of hydrogen-bond donors (Lipinski definition) is 1. The Kier molecular flexibility index (Phi) is 4.19. The van der Waals surface area contributed by atoms with Crippen LogP contribution in [0.2, 0.25) is 0 Å². The number of amides is 1. The SMILES string of the molecule is O=C(NCc1ccc(F)cc1)c1nnc(Cn2ccnc2)s1. The highest BCUT2D eigenvalue weighted by Crippen LogP contribution is 2.11. The Morgan fingerprint density at radius 2 is 2.09 bits per heavy atom. The molecule has 2 heterocycles. The van der Waals surface area contributed by atoms with Crippen LogP contribution in [0.15, 0.2) is 43.0 Å². The zero-order valence-corrected chi connectivity index (χ0v) is 12.3. The molecule has 112 valence electrons. The first-order valence-electron chi connectivity index (χ1n) is 6.51. The van der Waals surface area contributed by atoms with Crippen molar-refractivity contribution >= 4 is 17.2 Å². The largest absolute Gasteiger partial charge is 0.346 e. The van der Waals surface area contributed by atoms with Gasteiger partial charge in [0.2, 0.25) is 5.01 Å². The number of rotatable bonds is 5. The smallest absolute Gasteiger partial charge is 0.282 e. The summed E-state index contributed by atoms with van der Waals surface area (Å²) in [5, 5.41) is 11.6. The highest BCUT2D eigenvalue weighted by molar-refractivity contribution is 7.13. The van der Waals surface area contributed by atoms with Crippen LogP contribution in [0.4, 0.5) is 4.39 Å². The fourth-order valence-corrected chi connectivity index (χ4v) is 2.57. The standard InChI is InChI=1S/C14H12FN5OS/c15-11-3-1-10(2-4-11)7-17-13(21)14-19-18-12(22-14)8-20-6-5-16-9-20/h1-6,9H,7-8H2,(H,17,21). The number of carbonyl (C=O) groups is 1. The average Bonchev–Trinajstić information content (AvgIpc) is 3.19. The summed E-state index contributed by atoms with van der Waals surface area (Å²) in [4.78, 5) is 15.9. The second-order valence-electron chi connectivity index (χ2n) is 4.55. The van der Waals surface area contributed by atoms with Crippen molar-refractivity contribution in [2.24, 2.45) is 0 Å². The minimum Gasteiger partial charge on any atom is -0.346 e. The quantitative estimate of drug-likeness (QED) is 0.779. The van der Waals surface area contributed by atoms with Gasteiger partial charge in [-0.15, -0.1) is 10.2 Å². The van der Waals surface area contributed by atoms with Gasteiger partial charge in [0.1, 0.15) is 10.8 Å². The van der Waals surface area contributed by atoms with Gasteiger partial charge in [-0.05, 0) is 17.7 Å². The summed E-state index contributed by atoms with van der Waals surface area (Å²) in [6.07, 6.45) is 5.17. The third kappa shape index (κ3) is 3.53. The Morgan fingerprint density at radius 3 is 2.82 bits per heavy atom. The fourth-order valence-electron chi connectivity index (χ4n) is 1.81. The van der Waals surface area contributed by atoms with E-state index in [-0.39, 0.29) is 11.7 Å². The molecule has 0 bridgehead atoms. The van der Waals surface area contributed by atoms with E-state index in [4.69, 9.17) is 0 Å². The van der Waals surface area contributed by atoms with Crippen molar-refractivity contribution in [3.8, 4) is 0 Å². The Labute approximate surface area is 129 Å². The van der Waals surface area contributed by atoms with Gasteiger partial charge in [0, 0.05) is 18.9 Å². The highest BCUT2D eigenvalue weighted by atomic mass is 32.1. The minimum atomic E-state index is -0.302. The summed E-state index contributed by atoms with van der Waals surface area (Å²) in [6.45, 7) is 0.846. The van der Waals surface area contributed by atoms with Gasteiger partial charge >= 0.3 is 0 Å². The molecule has 0 radical (unpaired) electrons. The molecule has 8 heteroatoms. The Balaban J connectivity index is 1.58. The number of halogens is 1. The summed E-state index contributed by atoms with van der Waals surface area (Å²) in [5.41, 5.74) is 0.818. The Hall–Kier alpha value is -2.61. The number of aromatic nitrogens is 4. The van der Waals surface area contributed by atoms with Crippen molar-refractivity contribution in [1.82, 2.24) is 25.1 Å². The molecule has 3 rings (SSSR count). The zero-order chi connectivity index (χ0) is 15.4. The molecule has 2 aromatic heterocycles. The second-order valence-corrected chi connectivity index (χ2v) is 5.61. The van der Waals surface area contributed by atoms with Crippen LogP contribution in [0, 0.1) is 5.82 Å². The van der Waals surface area contributed by atoms with Gasteiger partial charge in [0.25, 0.3) is 5.91 Å². The molecule has 1 aromatic carbocycles. The predicted molar refractivity (Wildman–Crippen MR) is 78.8 cm³/mol. The molecule has 6 nitrogen and oxygen atoms in total. The van der Waals surface area contributed by atoms with Crippen LogP contribution in [0.25, 0.3) is 0 Å². The Bertz CT molecular complexity index is 754. The minimum absolute atomic E-state index is 0.293. The number of nitrogens with one attached hydrogen (secondary N) is 1. The number of nitrogens with zero attached hydrogens (tertiary/aromatic N) is 4. The van der Waals surface area contributed by atoms with E-state index in [0.29, 0.717) is 18.1 Å². The van der Waals surface area contributed by atoms with E-state index < -0.39 is 0 Å². The van der Waals surface area contributed by atoms with Gasteiger partial charge in [-0.25, -0.2) is 9.37 Å². The fraction of sp³-hybridized carbons (Fsp3) is 0.143. The van der Waals surface area contributed by atoms with Crippen LogP contribution in [0.5, 0.6) is 0 Å². The molecule has 22 heavy (non-hydrogen) atoms. The van der Waals surface area contributed by atoms with Crippen molar-refractivity contribution in [1.29, 1.82) is 0 Å². The van der Waals surface area contributed by atoms with Crippen LogP contribution in [0.1, 0.15) is 20.4 Å². The molecule has 0 spiro atoms. The first-order chi connectivity index (χ1) is 10.7. The van der Waals surface area contributed by atoms with Crippen molar-refractivity contribution in [3.05, 3.63) is 64.4 Å². The molecule has 0 atom stereocenters. The zero-order valence-electron chi connectivity index (χ0n) is 11.4. The van der Waals surface area contributed by atoms with Crippen LogP contribution in [-0.4, -0.2) is 25.7 Å². The molecule has 0 unspecified atom stereocenters. The van der Waals surface area contributed by atoms with Crippen LogP contribution in [-0.2, 0) is 13.1 Å². The highest BCUT2D eigenvalue weighted by Gasteiger charge is 2.12.